The summed E-state index contributed by atoms with van der Waals surface area (Å²) >= 11 is 6.06. The molecule has 2 fully saturated rings. The van der Waals surface area contributed by atoms with Gasteiger partial charge in [0.2, 0.25) is 5.91 Å². The van der Waals surface area contributed by atoms with Gasteiger partial charge in [0.1, 0.15) is 0 Å². The van der Waals surface area contributed by atoms with Crippen molar-refractivity contribution >= 4 is 33.0 Å². The molecule has 5 nitrogen and oxygen atoms in total. The van der Waals surface area contributed by atoms with Crippen molar-refractivity contribution in [1.82, 2.24) is 4.90 Å². The van der Waals surface area contributed by atoms with Crippen LogP contribution in [0, 0.1) is 5.92 Å². The van der Waals surface area contributed by atoms with E-state index in [9.17, 15) is 13.2 Å². The molecule has 0 aliphatic carbocycles. The average Bonchev–Trinajstić information content (AvgIpc) is 2.79. The zero-order valence-corrected chi connectivity index (χ0v) is 15.6. The molecule has 2 aliphatic rings. The number of carbonyl (C=O) groups is 1. The van der Waals surface area contributed by atoms with Crippen LogP contribution in [0.1, 0.15) is 20.3 Å². The van der Waals surface area contributed by atoms with E-state index in [1.165, 1.54) is 0 Å². The van der Waals surface area contributed by atoms with Gasteiger partial charge in [-0.2, -0.15) is 0 Å². The van der Waals surface area contributed by atoms with Gasteiger partial charge in [-0.3, -0.25) is 9.69 Å². The van der Waals surface area contributed by atoms with Crippen LogP contribution in [0.3, 0.4) is 0 Å². The lowest BCUT2D eigenvalue weighted by atomic mass is 10.0. The van der Waals surface area contributed by atoms with Gasteiger partial charge in [0.05, 0.1) is 24.1 Å². The van der Waals surface area contributed by atoms with E-state index < -0.39 is 9.84 Å². The smallest absolute Gasteiger partial charge is 0.241 e. The molecule has 24 heavy (non-hydrogen) atoms. The summed E-state index contributed by atoms with van der Waals surface area (Å²) in [6, 6.07) is 6.61. The summed E-state index contributed by atoms with van der Waals surface area (Å²) in [7, 11) is -3.14. The van der Waals surface area contributed by atoms with Crippen molar-refractivity contribution in [2.24, 2.45) is 5.92 Å². The molecule has 0 aromatic heterocycles. The topological polar surface area (TPSA) is 57.7 Å². The summed E-state index contributed by atoms with van der Waals surface area (Å²) in [5, 5.41) is 0.542. The molecule has 2 aliphatic heterocycles. The van der Waals surface area contributed by atoms with E-state index in [-0.39, 0.29) is 36.0 Å². The van der Waals surface area contributed by atoms with E-state index in [0.717, 1.165) is 13.0 Å². The van der Waals surface area contributed by atoms with Crippen LogP contribution in [0.4, 0.5) is 5.69 Å². The number of fused-ring (bicyclic) bond motifs is 1. The first-order valence-electron chi connectivity index (χ1n) is 8.29. The molecule has 0 radical (unpaired) electrons. The second kappa shape index (κ2) is 6.65. The first kappa shape index (κ1) is 17.7. The number of piperazine rings is 1. The van der Waals surface area contributed by atoms with Gasteiger partial charge in [0, 0.05) is 16.8 Å². The fourth-order valence-electron chi connectivity index (χ4n) is 3.59. The monoisotopic (exact) mass is 370 g/mol. The number of rotatable bonds is 4. The first-order chi connectivity index (χ1) is 11.3. The van der Waals surface area contributed by atoms with Crippen LogP contribution in [-0.2, 0) is 14.6 Å². The molecule has 0 bridgehead atoms. The van der Waals surface area contributed by atoms with Gasteiger partial charge in [-0.15, -0.1) is 0 Å². The molecule has 0 N–H and O–H groups in total. The highest BCUT2D eigenvalue weighted by atomic mass is 35.5. The lowest BCUT2D eigenvalue weighted by Crippen LogP contribution is -2.62. The molecule has 1 amide bonds. The van der Waals surface area contributed by atoms with E-state index in [0.29, 0.717) is 16.6 Å². The highest BCUT2D eigenvalue weighted by molar-refractivity contribution is 7.91. The Balaban J connectivity index is 1.92. The third kappa shape index (κ3) is 3.60. The maximum Gasteiger partial charge on any atom is 0.241 e. The fraction of sp³-hybridized carbons (Fsp3) is 0.588. The molecule has 2 saturated heterocycles. The van der Waals surface area contributed by atoms with Crippen molar-refractivity contribution < 1.29 is 13.2 Å². The van der Waals surface area contributed by atoms with Gasteiger partial charge in [-0.05, 0) is 37.1 Å². The molecule has 0 spiro atoms. The minimum atomic E-state index is -3.14. The summed E-state index contributed by atoms with van der Waals surface area (Å²) < 4.78 is 24.5. The van der Waals surface area contributed by atoms with Gasteiger partial charge in [-0.1, -0.05) is 31.5 Å². The van der Waals surface area contributed by atoms with Gasteiger partial charge in [-0.25, -0.2) is 8.42 Å². The van der Waals surface area contributed by atoms with Gasteiger partial charge < -0.3 is 4.90 Å². The Bertz CT molecular complexity index is 735. The molecule has 1 aromatic rings. The molecule has 3 rings (SSSR count). The Morgan fingerprint density at radius 3 is 2.62 bits per heavy atom. The second-order valence-electron chi connectivity index (χ2n) is 7.11. The van der Waals surface area contributed by atoms with Crippen molar-refractivity contribution in [2.45, 2.75) is 32.4 Å². The minimum absolute atomic E-state index is 0.0219. The summed E-state index contributed by atoms with van der Waals surface area (Å²) in [6.07, 6.45) is 0.952. The molecular weight excluding hydrogens is 348 g/mol. The van der Waals surface area contributed by atoms with Crippen molar-refractivity contribution in [3.05, 3.63) is 29.3 Å². The zero-order valence-electron chi connectivity index (χ0n) is 14.0. The number of hydrogen-bond donors (Lipinski definition) is 0. The second-order valence-corrected chi connectivity index (χ2v) is 9.70. The van der Waals surface area contributed by atoms with E-state index in [4.69, 9.17) is 11.6 Å². The lowest BCUT2D eigenvalue weighted by molar-refractivity contribution is -0.123. The Morgan fingerprint density at radius 1 is 1.25 bits per heavy atom. The van der Waals surface area contributed by atoms with Crippen LogP contribution in [0.15, 0.2) is 24.3 Å². The summed E-state index contributed by atoms with van der Waals surface area (Å²) in [6.45, 7) is 5.28. The minimum Gasteiger partial charge on any atom is -0.306 e. The largest absolute Gasteiger partial charge is 0.306 e. The van der Waals surface area contributed by atoms with Crippen LogP contribution in [0.2, 0.25) is 5.02 Å². The zero-order chi connectivity index (χ0) is 17.5. The molecule has 0 saturated carbocycles. The molecule has 7 heteroatoms. The van der Waals surface area contributed by atoms with E-state index in [1.807, 2.05) is 6.07 Å². The molecular formula is C17H23ClN2O3S. The molecule has 2 heterocycles. The number of amides is 1. The quantitative estimate of drug-likeness (QED) is 0.815. The van der Waals surface area contributed by atoms with Crippen LogP contribution < -0.4 is 4.90 Å². The number of hydrogen-bond acceptors (Lipinski definition) is 4. The SMILES string of the molecule is CC(C)CCN1CC(=O)N(c2cccc(Cl)c2)[C@@H]2CS(=O)(=O)C[C@H]21. The predicted octanol–water partition coefficient (Wildman–Crippen LogP) is 2.20. The molecule has 2 atom stereocenters. The Hall–Kier alpha value is -1.11. The molecule has 1 aromatic carbocycles. The Labute approximate surface area is 148 Å². The molecule has 0 unspecified atom stereocenters. The van der Waals surface area contributed by atoms with Crippen molar-refractivity contribution in [1.29, 1.82) is 0 Å². The van der Waals surface area contributed by atoms with E-state index >= 15 is 0 Å². The number of sulfone groups is 1. The Morgan fingerprint density at radius 2 is 1.96 bits per heavy atom. The number of halogens is 1. The third-order valence-corrected chi connectivity index (χ3v) is 6.72. The maximum absolute atomic E-state index is 12.8. The first-order valence-corrected chi connectivity index (χ1v) is 10.5. The van der Waals surface area contributed by atoms with Crippen LogP contribution in [-0.4, -0.2) is 55.9 Å². The Kier molecular flexibility index (Phi) is 4.91. The highest BCUT2D eigenvalue weighted by Gasteiger charge is 2.49. The van der Waals surface area contributed by atoms with Crippen molar-refractivity contribution in [3.63, 3.8) is 0 Å². The number of anilines is 1. The normalized spacial score (nSPS) is 26.8. The third-order valence-electron chi connectivity index (χ3n) is 4.78. The number of benzene rings is 1. The van der Waals surface area contributed by atoms with Gasteiger partial charge >= 0.3 is 0 Å². The van der Waals surface area contributed by atoms with Crippen LogP contribution >= 0.6 is 11.6 Å². The highest BCUT2D eigenvalue weighted by Crippen LogP contribution is 2.32. The standard InChI is InChI=1S/C17H23ClN2O3S/c1-12(2)6-7-19-9-17(21)20(14-5-3-4-13(18)8-14)16-11-24(22,23)10-15(16)19/h3-5,8,12,15-16H,6-7,9-11H2,1-2H3/t15-,16-/m1/s1. The predicted molar refractivity (Wildman–Crippen MR) is 96.2 cm³/mol. The van der Waals surface area contributed by atoms with Crippen LogP contribution in [0.5, 0.6) is 0 Å². The van der Waals surface area contributed by atoms with Gasteiger partial charge in [0.25, 0.3) is 0 Å². The van der Waals surface area contributed by atoms with Crippen molar-refractivity contribution in [2.75, 3.05) is 29.5 Å². The van der Waals surface area contributed by atoms with E-state index in [1.54, 1.807) is 23.1 Å². The molecule has 132 valence electrons. The summed E-state index contributed by atoms with van der Waals surface area (Å²) in [5.41, 5.74) is 0.683. The number of nitrogens with zero attached hydrogens (tertiary/aromatic N) is 2. The van der Waals surface area contributed by atoms with Gasteiger partial charge in [0.15, 0.2) is 9.84 Å². The summed E-state index contributed by atoms with van der Waals surface area (Å²) in [5.74, 6) is 0.607. The van der Waals surface area contributed by atoms with Crippen LogP contribution in [0.25, 0.3) is 0 Å². The summed E-state index contributed by atoms with van der Waals surface area (Å²) in [4.78, 5) is 16.5. The number of carbonyl (C=O) groups excluding carboxylic acids is 1. The fourth-order valence-corrected chi connectivity index (χ4v) is 5.75. The van der Waals surface area contributed by atoms with E-state index in [2.05, 4.69) is 18.7 Å². The maximum atomic E-state index is 12.8. The average molecular weight is 371 g/mol. The lowest BCUT2D eigenvalue weighted by Gasteiger charge is -2.43. The van der Waals surface area contributed by atoms with Crippen molar-refractivity contribution in [3.8, 4) is 0 Å².